The average molecular weight is 607 g/mol. The van der Waals surface area contributed by atoms with Gasteiger partial charge in [0.05, 0.1) is 12.1 Å². The summed E-state index contributed by atoms with van der Waals surface area (Å²) in [7, 11) is 0. The number of carbonyl (C=O) groups excluding carboxylic acids is 2. The lowest BCUT2D eigenvalue weighted by molar-refractivity contribution is -0.146. The fourth-order valence-electron chi connectivity index (χ4n) is 6.16. The minimum atomic E-state index is -0.960. The third-order valence-corrected chi connectivity index (χ3v) is 8.65. The molecule has 3 aliphatic rings. The van der Waals surface area contributed by atoms with Crippen LogP contribution in [0.4, 0.5) is 5.69 Å². The van der Waals surface area contributed by atoms with Gasteiger partial charge in [-0.1, -0.05) is 30.3 Å². The van der Waals surface area contributed by atoms with Gasteiger partial charge in [-0.2, -0.15) is 5.10 Å². The molecule has 1 aromatic heterocycles. The van der Waals surface area contributed by atoms with Crippen molar-refractivity contribution in [3.05, 3.63) is 66.5 Å². The van der Waals surface area contributed by atoms with Crippen molar-refractivity contribution in [3.63, 3.8) is 0 Å². The molecule has 2 saturated heterocycles. The average Bonchev–Trinajstić information content (AvgIpc) is 3.72. The summed E-state index contributed by atoms with van der Waals surface area (Å²) < 4.78 is 6.28. The minimum absolute atomic E-state index is 0. The second kappa shape index (κ2) is 13.4. The SMILES string of the molecule is CC(C)(Oc1cccc(N2CCC[C@@H](C(=O)N(Cc3ccc(-c4cn[nH]c4)cc3)C3CC3)C2)c1)C(=O)N1CCNCC1.Cl. The highest BCUT2D eigenvalue weighted by Gasteiger charge is 2.38. The number of nitrogens with zero attached hydrogens (tertiary/aromatic N) is 4. The maximum Gasteiger partial charge on any atom is 0.266 e. The number of carbonyl (C=O) groups is 2. The molecular formula is C33H43ClN6O3. The van der Waals surface area contributed by atoms with Crippen LogP contribution in [0, 0.1) is 5.92 Å². The number of hydrogen-bond donors (Lipinski definition) is 2. The lowest BCUT2D eigenvalue weighted by Crippen LogP contribution is -2.54. The van der Waals surface area contributed by atoms with Crippen LogP contribution >= 0.6 is 12.4 Å². The Bertz CT molecular complexity index is 1370. The first-order valence-electron chi connectivity index (χ1n) is 15.3. The zero-order valence-corrected chi connectivity index (χ0v) is 25.9. The van der Waals surface area contributed by atoms with E-state index in [0.29, 0.717) is 38.0 Å². The van der Waals surface area contributed by atoms with E-state index in [1.165, 1.54) is 0 Å². The summed E-state index contributed by atoms with van der Waals surface area (Å²) in [5.41, 5.74) is 3.39. The number of ether oxygens (including phenoxy) is 1. The van der Waals surface area contributed by atoms with Crippen LogP contribution in [0.25, 0.3) is 11.1 Å². The molecule has 0 spiro atoms. The number of piperazine rings is 1. The molecule has 0 radical (unpaired) electrons. The summed E-state index contributed by atoms with van der Waals surface area (Å²) in [5.74, 6) is 0.901. The van der Waals surface area contributed by atoms with Crippen molar-refractivity contribution < 1.29 is 14.3 Å². The fraction of sp³-hybridized carbons (Fsp3) is 0.485. The molecule has 2 amide bonds. The third kappa shape index (κ3) is 7.33. The monoisotopic (exact) mass is 606 g/mol. The van der Waals surface area contributed by atoms with Crippen LogP contribution in [0.5, 0.6) is 5.75 Å². The van der Waals surface area contributed by atoms with Crippen LogP contribution in [-0.4, -0.2) is 82.7 Å². The molecule has 9 nitrogen and oxygen atoms in total. The van der Waals surface area contributed by atoms with Crippen molar-refractivity contribution in [2.75, 3.05) is 44.2 Å². The molecule has 1 saturated carbocycles. The standard InChI is InChI=1S/C33H42N6O3.ClH/c1-33(2,32(41)37-17-14-34-15-18-37)42-30-7-3-6-29(19-30)38-16-4-5-26(23-38)31(40)39(28-12-13-28)22-24-8-10-25(11-9-24)27-20-35-36-21-27;/h3,6-11,19-21,26,28,34H,4-5,12-18,22-23H2,1-2H3,(H,35,36);1H/t26-;/m1./s1. The normalized spacial score (nSPS) is 19.0. The van der Waals surface area contributed by atoms with Crippen LogP contribution in [0.15, 0.2) is 60.9 Å². The zero-order valence-electron chi connectivity index (χ0n) is 25.1. The van der Waals surface area contributed by atoms with Gasteiger partial charge in [-0.25, -0.2) is 0 Å². The molecule has 2 N–H and O–H groups in total. The van der Waals surface area contributed by atoms with E-state index in [1.807, 2.05) is 49.3 Å². The first-order chi connectivity index (χ1) is 20.4. The van der Waals surface area contributed by atoms with Crippen molar-refractivity contribution in [1.82, 2.24) is 25.3 Å². The van der Waals surface area contributed by atoms with E-state index in [9.17, 15) is 9.59 Å². The van der Waals surface area contributed by atoms with Gasteiger partial charge in [0.25, 0.3) is 5.91 Å². The highest BCUT2D eigenvalue weighted by molar-refractivity contribution is 5.85. The van der Waals surface area contributed by atoms with Crippen LogP contribution in [0.1, 0.15) is 45.1 Å². The highest BCUT2D eigenvalue weighted by Crippen LogP contribution is 2.34. The van der Waals surface area contributed by atoms with Crippen LogP contribution in [0.2, 0.25) is 0 Å². The van der Waals surface area contributed by atoms with E-state index >= 15 is 0 Å². The first-order valence-corrected chi connectivity index (χ1v) is 15.3. The molecule has 2 aromatic carbocycles. The summed E-state index contributed by atoms with van der Waals surface area (Å²) in [6.07, 6.45) is 7.74. The van der Waals surface area contributed by atoms with Gasteiger partial charge in [0.2, 0.25) is 5.91 Å². The number of H-pyrrole nitrogens is 1. The van der Waals surface area contributed by atoms with E-state index in [0.717, 1.165) is 67.7 Å². The Hall–Kier alpha value is -3.56. The number of piperidine rings is 1. The van der Waals surface area contributed by atoms with Gasteiger partial charge in [-0.15, -0.1) is 12.4 Å². The summed E-state index contributed by atoms with van der Waals surface area (Å²) in [4.78, 5) is 33.4. The summed E-state index contributed by atoms with van der Waals surface area (Å²) in [6, 6.07) is 16.8. The molecule has 0 bridgehead atoms. The Morgan fingerprint density at radius 1 is 1.02 bits per heavy atom. The third-order valence-electron chi connectivity index (χ3n) is 8.65. The van der Waals surface area contributed by atoms with E-state index in [1.54, 1.807) is 0 Å². The molecule has 1 atom stereocenters. The van der Waals surface area contributed by atoms with Crippen molar-refractivity contribution in [2.45, 2.75) is 57.7 Å². The van der Waals surface area contributed by atoms with Crippen LogP contribution in [-0.2, 0) is 16.1 Å². The number of aromatic amines is 1. The van der Waals surface area contributed by atoms with E-state index in [4.69, 9.17) is 4.74 Å². The number of amides is 2. The molecule has 10 heteroatoms. The smallest absolute Gasteiger partial charge is 0.266 e. The van der Waals surface area contributed by atoms with Gasteiger partial charge in [0, 0.05) is 75.4 Å². The molecule has 3 heterocycles. The van der Waals surface area contributed by atoms with Crippen molar-refractivity contribution in [3.8, 4) is 16.9 Å². The number of halogens is 1. The Balaban J connectivity index is 0.00000368. The number of rotatable bonds is 9. The molecule has 6 rings (SSSR count). The fourth-order valence-corrected chi connectivity index (χ4v) is 6.16. The maximum atomic E-state index is 13.9. The Labute approximate surface area is 260 Å². The van der Waals surface area contributed by atoms with E-state index in [-0.39, 0.29) is 30.1 Å². The quantitative estimate of drug-likeness (QED) is 0.373. The Kier molecular flexibility index (Phi) is 9.62. The summed E-state index contributed by atoms with van der Waals surface area (Å²) in [5, 5.41) is 10.2. The van der Waals surface area contributed by atoms with Crippen molar-refractivity contribution in [1.29, 1.82) is 0 Å². The van der Waals surface area contributed by atoms with Gasteiger partial charge in [-0.3, -0.25) is 14.7 Å². The topological polar surface area (TPSA) is 93.8 Å². The lowest BCUT2D eigenvalue weighted by Gasteiger charge is -2.37. The predicted molar refractivity (Wildman–Crippen MR) is 170 cm³/mol. The summed E-state index contributed by atoms with van der Waals surface area (Å²) >= 11 is 0. The van der Waals surface area contributed by atoms with Crippen LogP contribution in [0.3, 0.4) is 0 Å². The second-order valence-corrected chi connectivity index (χ2v) is 12.3. The Morgan fingerprint density at radius 3 is 2.49 bits per heavy atom. The number of aromatic nitrogens is 2. The number of nitrogens with one attached hydrogen (secondary N) is 2. The molecular weight excluding hydrogens is 564 g/mol. The van der Waals surface area contributed by atoms with Crippen molar-refractivity contribution in [2.24, 2.45) is 5.92 Å². The predicted octanol–water partition coefficient (Wildman–Crippen LogP) is 4.50. The van der Waals surface area contributed by atoms with Gasteiger partial charge < -0.3 is 24.8 Å². The molecule has 230 valence electrons. The molecule has 3 aromatic rings. The molecule has 1 aliphatic carbocycles. The molecule has 3 fully saturated rings. The molecule has 0 unspecified atom stereocenters. The first kappa shape index (κ1) is 30.9. The van der Waals surface area contributed by atoms with E-state index in [2.05, 4.69) is 55.6 Å². The van der Waals surface area contributed by atoms with E-state index < -0.39 is 5.60 Å². The second-order valence-electron chi connectivity index (χ2n) is 12.3. The summed E-state index contributed by atoms with van der Waals surface area (Å²) in [6.45, 7) is 8.93. The minimum Gasteiger partial charge on any atom is -0.478 e. The Morgan fingerprint density at radius 2 is 1.79 bits per heavy atom. The number of hydrogen-bond acceptors (Lipinski definition) is 6. The lowest BCUT2D eigenvalue weighted by atomic mass is 9.95. The largest absolute Gasteiger partial charge is 0.478 e. The number of anilines is 1. The van der Waals surface area contributed by atoms with Gasteiger partial charge in [-0.05, 0) is 62.8 Å². The van der Waals surface area contributed by atoms with Gasteiger partial charge in [0.15, 0.2) is 5.60 Å². The number of benzene rings is 2. The highest BCUT2D eigenvalue weighted by atomic mass is 35.5. The maximum absolute atomic E-state index is 13.9. The van der Waals surface area contributed by atoms with Gasteiger partial charge in [0.1, 0.15) is 5.75 Å². The van der Waals surface area contributed by atoms with Crippen molar-refractivity contribution >= 4 is 29.9 Å². The van der Waals surface area contributed by atoms with Gasteiger partial charge >= 0.3 is 0 Å². The molecule has 2 aliphatic heterocycles. The van der Waals surface area contributed by atoms with Crippen LogP contribution < -0.4 is 15.0 Å². The zero-order chi connectivity index (χ0) is 29.1. The molecule has 43 heavy (non-hydrogen) atoms.